The zero-order valence-electron chi connectivity index (χ0n) is 14.2. The van der Waals surface area contributed by atoms with Crippen LogP contribution >= 0.6 is 23.1 Å². The van der Waals surface area contributed by atoms with Crippen molar-refractivity contribution in [3.05, 3.63) is 46.3 Å². The first kappa shape index (κ1) is 17.7. The Hall–Kier alpha value is -2.72. The Labute approximate surface area is 163 Å². The summed E-state index contributed by atoms with van der Waals surface area (Å²) >= 11 is 2.67. The van der Waals surface area contributed by atoms with Gasteiger partial charge in [-0.25, -0.2) is 0 Å². The van der Waals surface area contributed by atoms with Crippen molar-refractivity contribution in [1.82, 2.24) is 20.2 Å². The lowest BCUT2D eigenvalue weighted by Crippen LogP contribution is -2.19. The van der Waals surface area contributed by atoms with Crippen molar-refractivity contribution in [2.24, 2.45) is 5.73 Å². The summed E-state index contributed by atoms with van der Waals surface area (Å²) in [5.41, 5.74) is 7.79. The standard InChI is InChI=1S/C17H16N6O2S2/c18-15(25)14-11-7-4-8-12(11)27-16(14)19-13(24)9-26-17-20-21-22-23(17)10-5-2-1-3-6-10/h1-3,5-6H,4,7-9H2,(H2,18,25)(H,19,24). The summed E-state index contributed by atoms with van der Waals surface area (Å²) in [4.78, 5) is 25.4. The number of thioether (sulfide) groups is 1. The van der Waals surface area contributed by atoms with Gasteiger partial charge in [0.05, 0.1) is 17.0 Å². The number of anilines is 1. The number of aryl methyl sites for hydroxylation is 1. The Kier molecular flexibility index (Phi) is 4.90. The molecule has 4 rings (SSSR count). The van der Waals surface area contributed by atoms with E-state index in [0.717, 1.165) is 35.4 Å². The van der Waals surface area contributed by atoms with Crippen LogP contribution < -0.4 is 11.1 Å². The van der Waals surface area contributed by atoms with Crippen molar-refractivity contribution in [3.8, 4) is 5.69 Å². The number of para-hydroxylation sites is 1. The molecule has 0 bridgehead atoms. The Bertz CT molecular complexity index is 998. The predicted molar refractivity (Wildman–Crippen MR) is 103 cm³/mol. The van der Waals surface area contributed by atoms with E-state index in [-0.39, 0.29) is 11.7 Å². The summed E-state index contributed by atoms with van der Waals surface area (Å²) in [6.07, 6.45) is 2.78. The maximum Gasteiger partial charge on any atom is 0.251 e. The molecule has 0 spiro atoms. The summed E-state index contributed by atoms with van der Waals surface area (Å²) in [6, 6.07) is 9.45. The number of fused-ring (bicyclic) bond motifs is 1. The lowest BCUT2D eigenvalue weighted by Gasteiger charge is -2.06. The number of nitrogens with one attached hydrogen (secondary N) is 1. The van der Waals surface area contributed by atoms with E-state index in [1.807, 2.05) is 30.3 Å². The molecule has 1 aromatic carbocycles. The molecule has 3 aromatic rings. The molecule has 10 heteroatoms. The molecule has 0 saturated heterocycles. The average Bonchev–Trinajstić information content (AvgIpc) is 3.36. The molecular weight excluding hydrogens is 384 g/mol. The molecule has 1 aliphatic rings. The fourth-order valence-electron chi connectivity index (χ4n) is 3.05. The van der Waals surface area contributed by atoms with Gasteiger partial charge in [0, 0.05) is 4.88 Å². The van der Waals surface area contributed by atoms with Gasteiger partial charge in [0.15, 0.2) is 0 Å². The van der Waals surface area contributed by atoms with Gasteiger partial charge in [-0.3, -0.25) is 9.59 Å². The zero-order valence-corrected chi connectivity index (χ0v) is 15.8. The number of nitrogens with zero attached hydrogens (tertiary/aromatic N) is 4. The quantitative estimate of drug-likeness (QED) is 0.612. The lowest BCUT2D eigenvalue weighted by molar-refractivity contribution is -0.113. The number of carbonyl (C=O) groups is 2. The molecule has 0 unspecified atom stereocenters. The minimum atomic E-state index is -0.495. The summed E-state index contributed by atoms with van der Waals surface area (Å²) in [5.74, 6) is -0.607. The monoisotopic (exact) mass is 400 g/mol. The number of rotatable bonds is 6. The van der Waals surface area contributed by atoms with Gasteiger partial charge in [-0.05, 0) is 47.4 Å². The molecule has 0 atom stereocenters. The molecule has 0 radical (unpaired) electrons. The van der Waals surface area contributed by atoms with Crippen LogP contribution in [0.5, 0.6) is 0 Å². The molecule has 138 valence electrons. The van der Waals surface area contributed by atoms with Crippen LogP contribution in [0.15, 0.2) is 35.5 Å². The van der Waals surface area contributed by atoms with Crippen molar-refractivity contribution < 1.29 is 9.59 Å². The number of carbonyl (C=O) groups excluding carboxylic acids is 2. The number of benzene rings is 1. The molecule has 2 aromatic heterocycles. The predicted octanol–water partition coefficient (Wildman–Crippen LogP) is 2.04. The summed E-state index contributed by atoms with van der Waals surface area (Å²) in [6.45, 7) is 0. The van der Waals surface area contributed by atoms with Crippen LogP contribution in [-0.4, -0.2) is 37.8 Å². The van der Waals surface area contributed by atoms with E-state index < -0.39 is 5.91 Å². The fourth-order valence-corrected chi connectivity index (χ4v) is 5.05. The highest BCUT2D eigenvalue weighted by Gasteiger charge is 2.26. The Morgan fingerprint density at radius 3 is 2.85 bits per heavy atom. The van der Waals surface area contributed by atoms with E-state index in [1.165, 1.54) is 23.1 Å². The van der Waals surface area contributed by atoms with Crippen LogP contribution in [0.1, 0.15) is 27.2 Å². The van der Waals surface area contributed by atoms with Gasteiger partial charge in [0.2, 0.25) is 11.1 Å². The summed E-state index contributed by atoms with van der Waals surface area (Å²) in [5, 5.41) is 15.5. The van der Waals surface area contributed by atoms with Crippen molar-refractivity contribution in [1.29, 1.82) is 0 Å². The van der Waals surface area contributed by atoms with Gasteiger partial charge < -0.3 is 11.1 Å². The number of tetrazole rings is 1. The molecule has 0 fully saturated rings. The van der Waals surface area contributed by atoms with E-state index >= 15 is 0 Å². The Morgan fingerprint density at radius 1 is 1.26 bits per heavy atom. The number of thiophene rings is 1. The second kappa shape index (κ2) is 7.49. The van der Waals surface area contributed by atoms with Crippen molar-refractivity contribution in [2.75, 3.05) is 11.1 Å². The highest BCUT2D eigenvalue weighted by Crippen LogP contribution is 2.38. The van der Waals surface area contributed by atoms with Gasteiger partial charge in [-0.15, -0.1) is 16.4 Å². The molecule has 2 heterocycles. The minimum Gasteiger partial charge on any atom is -0.365 e. The molecule has 0 saturated carbocycles. The number of amides is 2. The molecule has 3 N–H and O–H groups in total. The highest BCUT2D eigenvalue weighted by molar-refractivity contribution is 7.99. The van der Waals surface area contributed by atoms with Gasteiger partial charge in [-0.1, -0.05) is 30.0 Å². The molecule has 0 aliphatic heterocycles. The third-order valence-electron chi connectivity index (χ3n) is 4.19. The first-order chi connectivity index (χ1) is 13.1. The third-order valence-corrected chi connectivity index (χ3v) is 6.32. The molecule has 2 amide bonds. The number of nitrogens with two attached hydrogens (primary N) is 1. The first-order valence-corrected chi connectivity index (χ1v) is 10.1. The topological polar surface area (TPSA) is 116 Å². The van der Waals surface area contributed by atoms with E-state index in [9.17, 15) is 9.59 Å². The molecule has 27 heavy (non-hydrogen) atoms. The summed E-state index contributed by atoms with van der Waals surface area (Å²) in [7, 11) is 0. The van der Waals surface area contributed by atoms with E-state index in [0.29, 0.717) is 15.7 Å². The van der Waals surface area contributed by atoms with Crippen molar-refractivity contribution in [2.45, 2.75) is 24.4 Å². The van der Waals surface area contributed by atoms with Gasteiger partial charge in [0.25, 0.3) is 5.91 Å². The van der Waals surface area contributed by atoms with Crippen molar-refractivity contribution in [3.63, 3.8) is 0 Å². The van der Waals surface area contributed by atoms with Gasteiger partial charge >= 0.3 is 0 Å². The molecule has 1 aliphatic carbocycles. The minimum absolute atomic E-state index is 0.119. The van der Waals surface area contributed by atoms with Crippen LogP contribution in [0.25, 0.3) is 5.69 Å². The zero-order chi connectivity index (χ0) is 18.8. The van der Waals surface area contributed by atoms with Crippen molar-refractivity contribution >= 4 is 39.9 Å². The molecular formula is C17H16N6O2S2. The van der Waals surface area contributed by atoms with Crippen LogP contribution in [0.4, 0.5) is 5.00 Å². The average molecular weight is 400 g/mol. The molecule has 8 nitrogen and oxygen atoms in total. The smallest absolute Gasteiger partial charge is 0.251 e. The maximum absolute atomic E-state index is 12.4. The number of aromatic nitrogens is 4. The largest absolute Gasteiger partial charge is 0.365 e. The first-order valence-electron chi connectivity index (χ1n) is 8.34. The van der Waals surface area contributed by atoms with E-state index in [2.05, 4.69) is 20.8 Å². The Morgan fingerprint density at radius 2 is 2.07 bits per heavy atom. The normalized spacial score (nSPS) is 12.7. The second-order valence-electron chi connectivity index (χ2n) is 5.97. The number of primary amides is 1. The second-order valence-corrected chi connectivity index (χ2v) is 8.02. The van der Waals surface area contributed by atoms with Gasteiger partial charge in [-0.2, -0.15) is 4.68 Å². The van der Waals surface area contributed by atoms with Crippen LogP contribution in [0, 0.1) is 0 Å². The SMILES string of the molecule is NC(=O)c1c(NC(=O)CSc2nnnn2-c2ccccc2)sc2c1CCC2. The third kappa shape index (κ3) is 3.58. The van der Waals surface area contributed by atoms with Gasteiger partial charge in [0.1, 0.15) is 5.00 Å². The lowest BCUT2D eigenvalue weighted by atomic mass is 10.1. The fraction of sp³-hybridized carbons (Fsp3) is 0.235. The summed E-state index contributed by atoms with van der Waals surface area (Å²) < 4.78 is 1.58. The number of hydrogen-bond donors (Lipinski definition) is 2. The Balaban J connectivity index is 1.45. The maximum atomic E-state index is 12.4. The van der Waals surface area contributed by atoms with Crippen LogP contribution in [0.3, 0.4) is 0 Å². The highest BCUT2D eigenvalue weighted by atomic mass is 32.2. The van der Waals surface area contributed by atoms with Crippen LogP contribution in [-0.2, 0) is 17.6 Å². The van der Waals surface area contributed by atoms with E-state index in [4.69, 9.17) is 5.73 Å². The number of hydrogen-bond acceptors (Lipinski definition) is 7. The van der Waals surface area contributed by atoms with E-state index in [1.54, 1.807) is 4.68 Å². The van der Waals surface area contributed by atoms with Crippen LogP contribution in [0.2, 0.25) is 0 Å².